The standard InChI is InChI=1S/C20H24N4O4/c1-15-16(5-4-7-17(15)24(27)28)21-20(26)9-10-22-11-13-23(14-12-22)18-6-2-3-8-19(18)25/h2-8,25H,9-14H2,1H3,(H,21,26). The number of phenolic OH excluding ortho intramolecular Hbond substituents is 1. The Morgan fingerprint density at radius 2 is 1.86 bits per heavy atom. The van der Waals surface area contributed by atoms with Gasteiger partial charge in [0.25, 0.3) is 5.69 Å². The molecule has 0 unspecified atom stereocenters. The maximum absolute atomic E-state index is 12.3. The van der Waals surface area contributed by atoms with Crippen molar-refractivity contribution in [2.45, 2.75) is 13.3 Å². The van der Waals surface area contributed by atoms with E-state index in [0.29, 0.717) is 24.2 Å². The second kappa shape index (κ2) is 8.71. The highest BCUT2D eigenvalue weighted by Crippen LogP contribution is 2.27. The Labute approximate surface area is 163 Å². The molecule has 0 bridgehead atoms. The molecule has 28 heavy (non-hydrogen) atoms. The van der Waals surface area contributed by atoms with Gasteiger partial charge in [0, 0.05) is 45.2 Å². The number of carbonyl (C=O) groups excluding carboxylic acids is 1. The number of nitrogens with one attached hydrogen (secondary N) is 1. The predicted molar refractivity (Wildman–Crippen MR) is 108 cm³/mol. The zero-order chi connectivity index (χ0) is 20.1. The van der Waals surface area contributed by atoms with Crippen LogP contribution in [-0.2, 0) is 4.79 Å². The zero-order valence-electron chi connectivity index (χ0n) is 15.8. The number of aromatic hydroxyl groups is 1. The monoisotopic (exact) mass is 384 g/mol. The fourth-order valence-corrected chi connectivity index (χ4v) is 3.37. The molecule has 0 atom stereocenters. The highest BCUT2D eigenvalue weighted by Gasteiger charge is 2.20. The van der Waals surface area contributed by atoms with E-state index in [-0.39, 0.29) is 17.3 Å². The molecule has 0 aromatic heterocycles. The number of phenols is 1. The molecule has 2 aromatic carbocycles. The maximum Gasteiger partial charge on any atom is 0.274 e. The van der Waals surface area contributed by atoms with E-state index in [2.05, 4.69) is 15.1 Å². The molecular weight excluding hydrogens is 360 g/mol. The highest BCUT2D eigenvalue weighted by molar-refractivity contribution is 5.92. The van der Waals surface area contributed by atoms with E-state index >= 15 is 0 Å². The van der Waals surface area contributed by atoms with Crippen LogP contribution < -0.4 is 10.2 Å². The largest absolute Gasteiger partial charge is 0.506 e. The number of anilines is 2. The number of nitro groups is 1. The van der Waals surface area contributed by atoms with Crippen molar-refractivity contribution in [2.24, 2.45) is 0 Å². The quantitative estimate of drug-likeness (QED) is 0.587. The number of para-hydroxylation sites is 2. The summed E-state index contributed by atoms with van der Waals surface area (Å²) < 4.78 is 0. The Hall–Kier alpha value is -3.13. The van der Waals surface area contributed by atoms with E-state index in [1.165, 1.54) is 6.07 Å². The minimum Gasteiger partial charge on any atom is -0.506 e. The van der Waals surface area contributed by atoms with Gasteiger partial charge in [-0.3, -0.25) is 19.8 Å². The number of hydrogen-bond donors (Lipinski definition) is 2. The molecule has 1 fully saturated rings. The van der Waals surface area contributed by atoms with Crippen LogP contribution in [0.25, 0.3) is 0 Å². The van der Waals surface area contributed by atoms with Crippen LogP contribution in [0.1, 0.15) is 12.0 Å². The SMILES string of the molecule is Cc1c(NC(=O)CCN2CCN(c3ccccc3O)CC2)cccc1[N+](=O)[O-]. The molecule has 0 aliphatic carbocycles. The lowest BCUT2D eigenvalue weighted by molar-refractivity contribution is -0.385. The van der Waals surface area contributed by atoms with Gasteiger partial charge in [-0.05, 0) is 25.1 Å². The lowest BCUT2D eigenvalue weighted by atomic mass is 10.1. The molecule has 0 spiro atoms. The van der Waals surface area contributed by atoms with Crippen LogP contribution in [0.5, 0.6) is 5.75 Å². The second-order valence-electron chi connectivity index (χ2n) is 6.82. The van der Waals surface area contributed by atoms with Gasteiger partial charge in [0.2, 0.25) is 5.91 Å². The van der Waals surface area contributed by atoms with Crippen molar-refractivity contribution in [2.75, 3.05) is 42.9 Å². The lowest BCUT2D eigenvalue weighted by Gasteiger charge is -2.36. The van der Waals surface area contributed by atoms with E-state index in [1.807, 2.05) is 12.1 Å². The highest BCUT2D eigenvalue weighted by atomic mass is 16.6. The molecule has 8 nitrogen and oxygen atoms in total. The van der Waals surface area contributed by atoms with E-state index in [0.717, 1.165) is 31.9 Å². The van der Waals surface area contributed by atoms with E-state index in [4.69, 9.17) is 0 Å². The average molecular weight is 384 g/mol. The molecule has 2 aromatic rings. The smallest absolute Gasteiger partial charge is 0.274 e. The first kappa shape index (κ1) is 19.6. The summed E-state index contributed by atoms with van der Waals surface area (Å²) in [4.78, 5) is 27.2. The number of rotatable bonds is 6. The van der Waals surface area contributed by atoms with E-state index in [1.54, 1.807) is 31.2 Å². The van der Waals surface area contributed by atoms with Gasteiger partial charge in [-0.1, -0.05) is 18.2 Å². The minimum atomic E-state index is -0.449. The van der Waals surface area contributed by atoms with Crippen molar-refractivity contribution in [1.82, 2.24) is 4.90 Å². The molecule has 1 amide bonds. The minimum absolute atomic E-state index is 0.00177. The van der Waals surface area contributed by atoms with Crippen molar-refractivity contribution in [3.05, 3.63) is 58.1 Å². The van der Waals surface area contributed by atoms with Gasteiger partial charge in [0.05, 0.1) is 21.9 Å². The third-order valence-corrected chi connectivity index (χ3v) is 5.03. The van der Waals surface area contributed by atoms with Gasteiger partial charge < -0.3 is 15.3 Å². The van der Waals surface area contributed by atoms with Crippen LogP contribution in [0.15, 0.2) is 42.5 Å². The molecule has 3 rings (SSSR count). The summed E-state index contributed by atoms with van der Waals surface area (Å²) in [5.41, 5.74) is 1.76. The molecule has 0 radical (unpaired) electrons. The summed E-state index contributed by atoms with van der Waals surface area (Å²) in [5.74, 6) is 0.120. The third-order valence-electron chi connectivity index (χ3n) is 5.03. The fraction of sp³-hybridized carbons (Fsp3) is 0.350. The topological polar surface area (TPSA) is 99.0 Å². The van der Waals surface area contributed by atoms with Crippen LogP contribution in [-0.4, -0.2) is 53.6 Å². The van der Waals surface area contributed by atoms with Crippen molar-refractivity contribution in [3.8, 4) is 5.75 Å². The Kier molecular flexibility index (Phi) is 6.10. The molecule has 148 valence electrons. The summed E-state index contributed by atoms with van der Waals surface area (Å²) in [6, 6.07) is 12.0. The zero-order valence-corrected chi connectivity index (χ0v) is 15.8. The Morgan fingerprint density at radius 1 is 1.14 bits per heavy atom. The van der Waals surface area contributed by atoms with Crippen LogP contribution in [0.4, 0.5) is 17.1 Å². The average Bonchev–Trinajstić information content (AvgIpc) is 2.69. The lowest BCUT2D eigenvalue weighted by Crippen LogP contribution is -2.47. The van der Waals surface area contributed by atoms with Gasteiger partial charge in [0.1, 0.15) is 5.75 Å². The van der Waals surface area contributed by atoms with Crippen molar-refractivity contribution >= 4 is 23.0 Å². The van der Waals surface area contributed by atoms with Gasteiger partial charge in [-0.2, -0.15) is 0 Å². The summed E-state index contributed by atoms with van der Waals surface area (Å²) >= 11 is 0. The number of hydrogen-bond acceptors (Lipinski definition) is 6. The first-order chi connectivity index (χ1) is 13.5. The number of amides is 1. The maximum atomic E-state index is 12.3. The predicted octanol–water partition coefficient (Wildman–Crippen LogP) is 2.76. The summed E-state index contributed by atoms with van der Waals surface area (Å²) in [7, 11) is 0. The molecule has 1 aliphatic rings. The van der Waals surface area contributed by atoms with E-state index < -0.39 is 4.92 Å². The first-order valence-corrected chi connectivity index (χ1v) is 9.25. The number of carbonyl (C=O) groups is 1. The van der Waals surface area contributed by atoms with Crippen LogP contribution in [0, 0.1) is 17.0 Å². The molecule has 0 saturated carbocycles. The Balaban J connectivity index is 1.48. The number of nitrogens with zero attached hydrogens (tertiary/aromatic N) is 3. The normalized spacial score (nSPS) is 14.7. The summed E-state index contributed by atoms with van der Waals surface area (Å²) in [6.45, 7) is 5.42. The molecular formula is C20H24N4O4. The third kappa shape index (κ3) is 4.58. The summed E-state index contributed by atoms with van der Waals surface area (Å²) in [5, 5.41) is 23.8. The Morgan fingerprint density at radius 3 is 2.54 bits per heavy atom. The first-order valence-electron chi connectivity index (χ1n) is 9.25. The van der Waals surface area contributed by atoms with Gasteiger partial charge in [-0.15, -0.1) is 0 Å². The van der Waals surface area contributed by atoms with E-state index in [9.17, 15) is 20.0 Å². The van der Waals surface area contributed by atoms with Gasteiger partial charge >= 0.3 is 0 Å². The molecule has 1 saturated heterocycles. The molecule has 8 heteroatoms. The van der Waals surface area contributed by atoms with Gasteiger partial charge in [-0.25, -0.2) is 0 Å². The second-order valence-corrected chi connectivity index (χ2v) is 6.82. The van der Waals surface area contributed by atoms with Crippen LogP contribution in [0.2, 0.25) is 0 Å². The molecule has 2 N–H and O–H groups in total. The van der Waals surface area contributed by atoms with Crippen molar-refractivity contribution < 1.29 is 14.8 Å². The Bertz CT molecular complexity index is 863. The van der Waals surface area contributed by atoms with Crippen LogP contribution >= 0.6 is 0 Å². The van der Waals surface area contributed by atoms with Gasteiger partial charge in [0.15, 0.2) is 0 Å². The molecule has 1 heterocycles. The van der Waals surface area contributed by atoms with Crippen molar-refractivity contribution in [1.29, 1.82) is 0 Å². The number of benzene rings is 2. The van der Waals surface area contributed by atoms with Crippen molar-refractivity contribution in [3.63, 3.8) is 0 Å². The summed E-state index contributed by atoms with van der Waals surface area (Å²) in [6.07, 6.45) is 0.318. The fourth-order valence-electron chi connectivity index (χ4n) is 3.37. The molecule has 1 aliphatic heterocycles. The number of piperazine rings is 1. The number of nitro benzene ring substituents is 1. The van der Waals surface area contributed by atoms with Crippen LogP contribution in [0.3, 0.4) is 0 Å².